The first-order chi connectivity index (χ1) is 24.7. The Kier molecular flexibility index (Phi) is 9.80. The average molecular weight is 863 g/mol. The molecule has 0 amide bonds. The van der Waals surface area contributed by atoms with E-state index in [1.165, 1.54) is 22.3 Å². The van der Waals surface area contributed by atoms with Crippen molar-refractivity contribution < 1.29 is 30.5 Å². The van der Waals surface area contributed by atoms with Crippen LogP contribution in [-0.4, -0.2) is 23.6 Å². The van der Waals surface area contributed by atoms with E-state index in [4.69, 9.17) is 14.4 Å². The molecule has 0 aliphatic carbocycles. The van der Waals surface area contributed by atoms with Gasteiger partial charge in [0.15, 0.2) is 0 Å². The summed E-state index contributed by atoms with van der Waals surface area (Å²) < 4.78 is 15.5. The number of aromatic nitrogens is 2. The zero-order valence-electron chi connectivity index (χ0n) is 30.7. The van der Waals surface area contributed by atoms with Gasteiger partial charge in [0.05, 0.1) is 5.69 Å². The molecular formula is C45H42BN3O2Pt. The standard InChI is InChI=1S/C45H42BN3O2.Pt/c1-28(2)31-24-38(29(3)4)45(39(25-31)30(5)6)32-22-33(46-48(7)41-16-10-11-17-43(41)51-46)26-35(23-32)50-34-19-20-37-36-14-8-9-15-40(36)49(42(37)27-34)44-18-12-13-21-47-44;/h8-25,28-30H,1-7H3;/q-2;+2. The maximum atomic E-state index is 6.79. The SMILES string of the molecule is CC(C)c1cc(C(C)C)c(-c2cc(Oc3[c-]c4c(cc3)c3ccccc3n4-c3ccccn3)[c-]c(B3Oc4ccccc4N3C)c2)c(C(C)C)c1.[Pt+2]. The molecule has 262 valence electrons. The number of rotatable bonds is 8. The predicted molar refractivity (Wildman–Crippen MR) is 211 cm³/mol. The van der Waals surface area contributed by atoms with Crippen molar-refractivity contribution >= 4 is 40.0 Å². The molecule has 5 nitrogen and oxygen atoms in total. The summed E-state index contributed by atoms with van der Waals surface area (Å²) in [6.07, 6.45) is 1.82. The summed E-state index contributed by atoms with van der Waals surface area (Å²) >= 11 is 0. The second-order valence-corrected chi connectivity index (χ2v) is 14.5. The smallest absolute Gasteiger partial charge is 0.537 e. The van der Waals surface area contributed by atoms with Gasteiger partial charge in [0.1, 0.15) is 11.6 Å². The fourth-order valence-corrected chi connectivity index (χ4v) is 7.41. The van der Waals surface area contributed by atoms with E-state index in [9.17, 15) is 0 Å². The van der Waals surface area contributed by atoms with Crippen LogP contribution >= 0.6 is 0 Å². The Labute approximate surface area is 322 Å². The van der Waals surface area contributed by atoms with Crippen LogP contribution in [0.15, 0.2) is 109 Å². The first-order valence-electron chi connectivity index (χ1n) is 18.0. The van der Waals surface area contributed by atoms with Crippen LogP contribution in [0.5, 0.6) is 17.2 Å². The first kappa shape index (κ1) is 35.6. The van der Waals surface area contributed by atoms with Gasteiger partial charge in [-0.3, -0.25) is 0 Å². The van der Waals surface area contributed by atoms with Gasteiger partial charge >= 0.3 is 28.1 Å². The molecule has 0 spiro atoms. The molecule has 7 aromatic rings. The summed E-state index contributed by atoms with van der Waals surface area (Å²) in [4.78, 5) is 6.87. The van der Waals surface area contributed by atoms with Crippen LogP contribution in [0.2, 0.25) is 0 Å². The van der Waals surface area contributed by atoms with Gasteiger partial charge in [-0.2, -0.15) is 12.1 Å². The van der Waals surface area contributed by atoms with Crippen LogP contribution in [0.1, 0.15) is 76.0 Å². The first-order valence-corrected chi connectivity index (χ1v) is 18.0. The Hall–Kier alpha value is -4.80. The van der Waals surface area contributed by atoms with Crippen molar-refractivity contribution in [2.75, 3.05) is 11.9 Å². The van der Waals surface area contributed by atoms with Crippen molar-refractivity contribution in [3.05, 3.63) is 138 Å². The van der Waals surface area contributed by atoms with E-state index in [0.717, 1.165) is 50.1 Å². The summed E-state index contributed by atoms with van der Waals surface area (Å²) in [6.45, 7) is 13.7. The van der Waals surface area contributed by atoms with E-state index in [0.29, 0.717) is 29.3 Å². The van der Waals surface area contributed by atoms with Crippen molar-refractivity contribution in [1.82, 2.24) is 9.55 Å². The Morgan fingerprint density at radius 1 is 0.712 bits per heavy atom. The Morgan fingerprint density at radius 2 is 1.42 bits per heavy atom. The minimum Gasteiger partial charge on any atom is -0.537 e. The molecule has 52 heavy (non-hydrogen) atoms. The molecule has 0 atom stereocenters. The van der Waals surface area contributed by atoms with Crippen molar-refractivity contribution in [2.45, 2.75) is 59.3 Å². The van der Waals surface area contributed by atoms with Gasteiger partial charge in [-0.05, 0) is 82.8 Å². The van der Waals surface area contributed by atoms with Crippen LogP contribution in [-0.2, 0) is 21.1 Å². The van der Waals surface area contributed by atoms with Gasteiger partial charge in [0, 0.05) is 23.2 Å². The zero-order chi connectivity index (χ0) is 35.4. The molecule has 0 radical (unpaired) electrons. The van der Waals surface area contributed by atoms with Crippen molar-refractivity contribution in [1.29, 1.82) is 0 Å². The molecule has 3 heterocycles. The molecule has 5 aromatic carbocycles. The van der Waals surface area contributed by atoms with E-state index in [-0.39, 0.29) is 28.1 Å². The largest absolute Gasteiger partial charge is 2.00 e. The maximum absolute atomic E-state index is 6.79. The van der Waals surface area contributed by atoms with Crippen LogP contribution in [0.3, 0.4) is 0 Å². The summed E-state index contributed by atoms with van der Waals surface area (Å²) in [5, 5.41) is 2.24. The molecule has 0 saturated heterocycles. The molecule has 0 saturated carbocycles. The van der Waals surface area contributed by atoms with Crippen LogP contribution in [0.4, 0.5) is 5.69 Å². The topological polar surface area (TPSA) is 39.5 Å². The number of hydrogen-bond acceptors (Lipinski definition) is 4. The molecule has 2 aromatic heterocycles. The number of para-hydroxylation sites is 3. The number of nitrogens with zero attached hydrogens (tertiary/aromatic N) is 3. The van der Waals surface area contributed by atoms with E-state index < -0.39 is 0 Å². The van der Waals surface area contributed by atoms with Gasteiger partial charge in [-0.15, -0.1) is 40.7 Å². The van der Waals surface area contributed by atoms with Crippen molar-refractivity contribution in [3.63, 3.8) is 0 Å². The summed E-state index contributed by atoms with van der Waals surface area (Å²) in [5.41, 5.74) is 10.3. The molecular weight excluding hydrogens is 820 g/mol. The van der Waals surface area contributed by atoms with Crippen LogP contribution in [0, 0.1) is 12.1 Å². The molecule has 0 fully saturated rings. The molecule has 8 rings (SSSR count). The maximum Gasteiger partial charge on any atom is 2.00 e. The third-order valence-electron chi connectivity index (χ3n) is 10.0. The molecule has 1 aliphatic heterocycles. The molecule has 7 heteroatoms. The number of benzene rings is 5. The second-order valence-electron chi connectivity index (χ2n) is 14.5. The monoisotopic (exact) mass is 862 g/mol. The number of hydrogen-bond donors (Lipinski definition) is 0. The van der Waals surface area contributed by atoms with Crippen molar-refractivity contribution in [3.8, 4) is 34.2 Å². The van der Waals surface area contributed by atoms with Crippen LogP contribution < -0.4 is 19.7 Å². The minimum atomic E-state index is -0.359. The predicted octanol–water partition coefficient (Wildman–Crippen LogP) is 10.8. The summed E-state index contributed by atoms with van der Waals surface area (Å²) in [5.74, 6) is 4.00. The average Bonchev–Trinajstić information content (AvgIpc) is 3.65. The third-order valence-corrected chi connectivity index (χ3v) is 10.0. The van der Waals surface area contributed by atoms with E-state index in [2.05, 4.69) is 131 Å². The molecule has 0 bridgehead atoms. The number of ether oxygens (including phenoxy) is 1. The van der Waals surface area contributed by atoms with Crippen molar-refractivity contribution in [2.24, 2.45) is 0 Å². The van der Waals surface area contributed by atoms with Gasteiger partial charge in [0.2, 0.25) is 0 Å². The number of pyridine rings is 1. The number of anilines is 1. The van der Waals surface area contributed by atoms with Gasteiger partial charge in [-0.25, -0.2) is 4.98 Å². The summed E-state index contributed by atoms with van der Waals surface area (Å²) in [7, 11) is 1.72. The molecule has 0 unspecified atom stereocenters. The zero-order valence-corrected chi connectivity index (χ0v) is 32.9. The fraction of sp³-hybridized carbons (Fsp3) is 0.222. The van der Waals surface area contributed by atoms with Gasteiger partial charge in [0.25, 0.3) is 0 Å². The van der Waals surface area contributed by atoms with Gasteiger partial charge < -0.3 is 18.8 Å². The minimum absolute atomic E-state index is 0. The third kappa shape index (κ3) is 6.32. The van der Waals surface area contributed by atoms with Gasteiger partial charge in [-0.1, -0.05) is 95.6 Å². The van der Waals surface area contributed by atoms with E-state index in [1.54, 1.807) is 0 Å². The fourth-order valence-electron chi connectivity index (χ4n) is 7.41. The van der Waals surface area contributed by atoms with E-state index >= 15 is 0 Å². The number of fused-ring (bicyclic) bond motifs is 4. The Morgan fingerprint density at radius 3 is 2.12 bits per heavy atom. The summed E-state index contributed by atoms with van der Waals surface area (Å²) in [6, 6.07) is 43.1. The second kappa shape index (κ2) is 14.3. The molecule has 1 aliphatic rings. The molecule has 0 N–H and O–H groups in total. The Balaban J connectivity index is 0.00000420. The van der Waals surface area contributed by atoms with E-state index in [1.807, 2.05) is 48.7 Å². The quantitative estimate of drug-likeness (QED) is 0.113. The normalized spacial score (nSPS) is 12.6. The van der Waals surface area contributed by atoms with Crippen LogP contribution in [0.25, 0.3) is 38.8 Å². The Bertz CT molecular complexity index is 2370.